The Morgan fingerprint density at radius 2 is 2.00 bits per heavy atom. The van der Waals surface area contributed by atoms with Crippen molar-refractivity contribution < 1.29 is 56.1 Å². The van der Waals surface area contributed by atoms with E-state index in [9.17, 15) is 0 Å². The normalized spacial score (nSPS) is 8.45. The summed E-state index contributed by atoms with van der Waals surface area (Å²) in [5.74, 6) is 0. The molecule has 0 atom stereocenters. The minimum atomic E-state index is 0. The molecule has 1 nitrogen and oxygen atoms in total. The molecule has 0 saturated carbocycles. The van der Waals surface area contributed by atoms with Crippen LogP contribution >= 0.6 is 12.2 Å². The molecule has 0 aromatic rings. The third kappa shape index (κ3) is 14.6. The van der Waals surface area contributed by atoms with Gasteiger partial charge in [-0.3, -0.25) is 0 Å². The summed E-state index contributed by atoms with van der Waals surface area (Å²) in [5, 5.41) is 0. The summed E-state index contributed by atoms with van der Waals surface area (Å²) in [5.41, 5.74) is 0. The summed E-state index contributed by atoms with van der Waals surface area (Å²) in [7, 11) is 0. The fraction of sp³-hybridized carbons (Fsp3) is 0.857. The van der Waals surface area contributed by atoms with Crippen LogP contribution in [0.2, 0.25) is 0 Å². The third-order valence-electron chi connectivity index (χ3n) is 1.22. The van der Waals surface area contributed by atoms with E-state index in [1.54, 1.807) is 0 Å². The van der Waals surface area contributed by atoms with E-state index in [2.05, 4.69) is 31.8 Å². The molecule has 0 radical (unpaired) electrons. The van der Waals surface area contributed by atoms with Crippen molar-refractivity contribution in [1.29, 1.82) is 0 Å². The van der Waals surface area contributed by atoms with Gasteiger partial charge in [0.25, 0.3) is 0 Å². The Balaban J connectivity index is 0. The maximum Gasteiger partial charge on any atom is 1.00 e. The van der Waals surface area contributed by atoms with E-state index >= 15 is 0 Å². The zero-order valence-corrected chi connectivity index (χ0v) is 12.0. The van der Waals surface area contributed by atoms with E-state index in [-0.39, 0.29) is 55.8 Å². The maximum absolute atomic E-state index is 4.93. The largest absolute Gasteiger partial charge is 1.00 e. The topological polar surface area (TPSA) is 9.23 Å². The summed E-state index contributed by atoms with van der Waals surface area (Å²) < 4.78 is 5.18. The van der Waals surface area contributed by atoms with Crippen molar-refractivity contribution in [2.75, 3.05) is 6.61 Å². The van der Waals surface area contributed by atoms with Gasteiger partial charge in [0, 0.05) is 4.38 Å². The standard InChI is InChI=1S/C7H14OS2.K/c1-2-3-4-5-6-8-7(9)10;/h2-6H2,1H3,(H,9,10);/q;+1/p-1. The number of hydrogen-bond donors (Lipinski definition) is 0. The Morgan fingerprint density at radius 1 is 1.36 bits per heavy atom. The van der Waals surface area contributed by atoms with Crippen LogP contribution in [0.25, 0.3) is 0 Å². The first-order chi connectivity index (χ1) is 4.77. The summed E-state index contributed by atoms with van der Waals surface area (Å²) in [4.78, 5) is 0. The van der Waals surface area contributed by atoms with Crippen LogP contribution in [0, 0.1) is 0 Å². The van der Waals surface area contributed by atoms with Gasteiger partial charge in [-0.1, -0.05) is 26.2 Å². The Labute approximate surface area is 122 Å². The van der Waals surface area contributed by atoms with Gasteiger partial charge in [0.1, 0.15) is 0 Å². The molecule has 11 heavy (non-hydrogen) atoms. The maximum atomic E-state index is 4.93. The Hall–Kier alpha value is 1.75. The van der Waals surface area contributed by atoms with Gasteiger partial charge in [-0.15, -0.1) is 0 Å². The first-order valence-corrected chi connectivity index (χ1v) is 4.42. The molecule has 0 spiro atoms. The minimum Gasteiger partial charge on any atom is -0.514 e. The van der Waals surface area contributed by atoms with Crippen molar-refractivity contribution in [3.63, 3.8) is 0 Å². The summed E-state index contributed by atoms with van der Waals surface area (Å²) >= 11 is 9.13. The van der Waals surface area contributed by atoms with E-state index in [0.717, 1.165) is 6.42 Å². The van der Waals surface area contributed by atoms with Crippen LogP contribution in [0.4, 0.5) is 0 Å². The van der Waals surface area contributed by atoms with Crippen molar-refractivity contribution in [3.05, 3.63) is 0 Å². The SMILES string of the molecule is CCCCCCOC(=S)[S-].[K+]. The molecule has 0 aliphatic heterocycles. The quantitative estimate of drug-likeness (QED) is 0.263. The molecule has 0 aliphatic rings. The predicted octanol–water partition coefficient (Wildman–Crippen LogP) is -0.581. The number of ether oxygens (including phenoxy) is 1. The molecule has 0 N–H and O–H groups in total. The second-order valence-corrected chi connectivity index (χ2v) is 3.16. The second kappa shape index (κ2) is 11.7. The van der Waals surface area contributed by atoms with Crippen molar-refractivity contribution in [2.45, 2.75) is 32.6 Å². The van der Waals surface area contributed by atoms with Crippen molar-refractivity contribution in [3.8, 4) is 0 Å². The molecule has 60 valence electrons. The fourth-order valence-corrected chi connectivity index (χ4v) is 0.851. The predicted molar refractivity (Wildman–Crippen MR) is 50.1 cm³/mol. The summed E-state index contributed by atoms with van der Waals surface area (Å²) in [6.45, 7) is 2.88. The number of thiocarbonyl (C=S) groups is 1. The Kier molecular flexibility index (Phi) is 16.3. The number of unbranched alkanes of at least 4 members (excludes halogenated alkanes) is 3. The van der Waals surface area contributed by atoms with Gasteiger partial charge in [-0.25, -0.2) is 0 Å². The number of hydrogen-bond acceptors (Lipinski definition) is 3. The average molecular weight is 216 g/mol. The molecule has 0 fully saturated rings. The van der Waals surface area contributed by atoms with Gasteiger partial charge in [0.05, 0.1) is 6.61 Å². The monoisotopic (exact) mass is 216 g/mol. The molecular formula is C7H13KOS2. The Bertz CT molecular complexity index is 98.4. The number of rotatable bonds is 5. The first kappa shape index (κ1) is 15.2. The molecular weight excluding hydrogens is 203 g/mol. The zero-order chi connectivity index (χ0) is 7.82. The summed E-state index contributed by atoms with van der Waals surface area (Å²) in [6, 6.07) is 0. The van der Waals surface area contributed by atoms with Gasteiger partial charge in [0.15, 0.2) is 0 Å². The molecule has 0 rings (SSSR count). The zero-order valence-electron chi connectivity index (χ0n) is 7.26. The van der Waals surface area contributed by atoms with E-state index in [4.69, 9.17) is 4.74 Å². The van der Waals surface area contributed by atoms with Crippen molar-refractivity contribution in [2.24, 2.45) is 0 Å². The smallest absolute Gasteiger partial charge is 0.514 e. The van der Waals surface area contributed by atoms with Crippen LogP contribution in [0.15, 0.2) is 0 Å². The first-order valence-electron chi connectivity index (χ1n) is 3.61. The minimum absolute atomic E-state index is 0. The molecule has 0 bridgehead atoms. The second-order valence-electron chi connectivity index (χ2n) is 2.16. The van der Waals surface area contributed by atoms with Gasteiger partial charge in [-0.05, 0) is 6.42 Å². The van der Waals surface area contributed by atoms with Gasteiger partial charge in [0.2, 0.25) is 0 Å². The molecule has 0 aromatic carbocycles. The van der Waals surface area contributed by atoms with Crippen LogP contribution < -0.4 is 51.4 Å². The van der Waals surface area contributed by atoms with E-state index in [1.807, 2.05) is 0 Å². The van der Waals surface area contributed by atoms with E-state index < -0.39 is 0 Å². The van der Waals surface area contributed by atoms with Gasteiger partial charge in [-0.2, -0.15) is 0 Å². The molecule has 0 aromatic heterocycles. The van der Waals surface area contributed by atoms with Gasteiger partial charge < -0.3 is 29.6 Å². The van der Waals surface area contributed by atoms with Crippen LogP contribution in [-0.2, 0) is 17.4 Å². The molecule has 0 amide bonds. The molecule has 0 heterocycles. The van der Waals surface area contributed by atoms with E-state index in [1.165, 1.54) is 19.3 Å². The summed E-state index contributed by atoms with van der Waals surface area (Å²) in [6.07, 6.45) is 4.81. The van der Waals surface area contributed by atoms with E-state index in [0.29, 0.717) is 6.61 Å². The average Bonchev–Trinajstić information content (AvgIpc) is 1.87. The van der Waals surface area contributed by atoms with Crippen LogP contribution in [0.5, 0.6) is 0 Å². The van der Waals surface area contributed by atoms with Crippen LogP contribution in [0.1, 0.15) is 32.6 Å². The van der Waals surface area contributed by atoms with Crippen molar-refractivity contribution >= 4 is 29.2 Å². The van der Waals surface area contributed by atoms with Crippen LogP contribution in [0.3, 0.4) is 0 Å². The van der Waals surface area contributed by atoms with Gasteiger partial charge >= 0.3 is 51.4 Å². The third-order valence-corrected chi connectivity index (χ3v) is 1.45. The molecule has 0 saturated heterocycles. The van der Waals surface area contributed by atoms with Crippen LogP contribution in [-0.4, -0.2) is 11.0 Å². The van der Waals surface area contributed by atoms with Crippen molar-refractivity contribution in [1.82, 2.24) is 0 Å². The molecule has 4 heteroatoms. The molecule has 0 unspecified atom stereocenters. The Morgan fingerprint density at radius 3 is 2.45 bits per heavy atom. The fourth-order valence-electron chi connectivity index (χ4n) is 0.684. The molecule has 0 aliphatic carbocycles.